The van der Waals surface area contributed by atoms with E-state index in [4.69, 9.17) is 0 Å². The topological polar surface area (TPSA) is 12.0 Å². The van der Waals surface area contributed by atoms with Crippen molar-refractivity contribution >= 4 is 0 Å². The number of likely N-dealkylation sites (N-methyl/N-ethyl adjacent to an activating group) is 1. The van der Waals surface area contributed by atoms with Crippen molar-refractivity contribution in [2.45, 2.75) is 38.1 Å². The highest BCUT2D eigenvalue weighted by atomic mass is 14.9. The van der Waals surface area contributed by atoms with Crippen LogP contribution in [-0.4, -0.2) is 13.1 Å². The van der Waals surface area contributed by atoms with Crippen LogP contribution in [0.5, 0.6) is 0 Å². The summed E-state index contributed by atoms with van der Waals surface area (Å²) in [7, 11) is 2.09. The van der Waals surface area contributed by atoms with Crippen molar-refractivity contribution in [3.8, 4) is 0 Å². The average molecular weight is 203 g/mol. The lowest BCUT2D eigenvalue weighted by molar-refractivity contribution is 0.434. The van der Waals surface area contributed by atoms with Gasteiger partial charge in [-0.2, -0.15) is 0 Å². The zero-order valence-electron chi connectivity index (χ0n) is 9.74. The van der Waals surface area contributed by atoms with E-state index in [1.807, 2.05) is 0 Å². The second kappa shape index (κ2) is 4.80. The summed E-state index contributed by atoms with van der Waals surface area (Å²) in [5.41, 5.74) is 1.46. The molecule has 1 fully saturated rings. The lowest BCUT2D eigenvalue weighted by Gasteiger charge is -2.24. The molecule has 1 saturated carbocycles. The van der Waals surface area contributed by atoms with Crippen LogP contribution in [0, 0.1) is 5.92 Å². The lowest BCUT2D eigenvalue weighted by Crippen LogP contribution is -2.31. The molecule has 0 bridgehead atoms. The molecule has 0 saturated heterocycles. The number of hydrogen-bond donors (Lipinski definition) is 1. The highest BCUT2D eigenvalue weighted by Gasteiger charge is 2.27. The maximum Gasteiger partial charge on any atom is 0.0133 e. The summed E-state index contributed by atoms with van der Waals surface area (Å²) in [5, 5.41) is 3.47. The molecule has 1 aromatic carbocycles. The van der Waals surface area contributed by atoms with E-state index in [0.29, 0.717) is 12.0 Å². The molecule has 0 radical (unpaired) electrons. The van der Waals surface area contributed by atoms with Gasteiger partial charge >= 0.3 is 0 Å². The van der Waals surface area contributed by atoms with E-state index in [9.17, 15) is 0 Å². The van der Waals surface area contributed by atoms with E-state index in [1.165, 1.54) is 24.8 Å². The van der Waals surface area contributed by atoms with Crippen LogP contribution in [0.15, 0.2) is 30.3 Å². The van der Waals surface area contributed by atoms with Crippen LogP contribution < -0.4 is 5.32 Å². The minimum atomic E-state index is 0.622. The average Bonchev–Trinajstić information content (AvgIpc) is 3.10. The summed E-state index contributed by atoms with van der Waals surface area (Å²) >= 11 is 0. The van der Waals surface area contributed by atoms with Gasteiger partial charge in [0, 0.05) is 6.04 Å². The van der Waals surface area contributed by atoms with Crippen molar-refractivity contribution in [2.24, 2.45) is 5.92 Å². The minimum Gasteiger partial charge on any atom is -0.316 e. The molecule has 0 aromatic heterocycles. The predicted octanol–water partition coefficient (Wildman–Crippen LogP) is 3.18. The predicted molar refractivity (Wildman–Crippen MR) is 65.0 cm³/mol. The number of nitrogens with one attached hydrogen (secondary N) is 1. The molecule has 1 aromatic rings. The van der Waals surface area contributed by atoms with Gasteiger partial charge in [0.2, 0.25) is 0 Å². The van der Waals surface area contributed by atoms with Crippen LogP contribution in [0.1, 0.15) is 37.7 Å². The molecule has 1 N–H and O–H groups in total. The second-order valence-electron chi connectivity index (χ2n) is 4.77. The van der Waals surface area contributed by atoms with Crippen LogP contribution in [0.3, 0.4) is 0 Å². The van der Waals surface area contributed by atoms with Crippen LogP contribution in [-0.2, 0) is 0 Å². The molecule has 2 unspecified atom stereocenters. The van der Waals surface area contributed by atoms with E-state index in [2.05, 4.69) is 49.6 Å². The molecule has 0 amide bonds. The van der Waals surface area contributed by atoms with E-state index in [-0.39, 0.29) is 0 Å². The Hall–Kier alpha value is -0.820. The van der Waals surface area contributed by atoms with Gasteiger partial charge in [-0.1, -0.05) is 50.1 Å². The third kappa shape index (κ3) is 2.82. The number of hydrogen-bond acceptors (Lipinski definition) is 1. The summed E-state index contributed by atoms with van der Waals surface area (Å²) in [6.07, 6.45) is 4.23. The second-order valence-corrected chi connectivity index (χ2v) is 4.77. The Morgan fingerprint density at radius 2 is 1.93 bits per heavy atom. The molecule has 0 aliphatic heterocycles. The minimum absolute atomic E-state index is 0.622. The first-order valence-electron chi connectivity index (χ1n) is 6.03. The SMILES string of the molecule is CNC(CC1CC1)C(C)c1ccccc1. The Bertz CT molecular complexity index is 289. The molecule has 1 heteroatoms. The molecule has 0 heterocycles. The molecule has 82 valence electrons. The van der Waals surface area contributed by atoms with E-state index < -0.39 is 0 Å². The largest absolute Gasteiger partial charge is 0.316 e. The van der Waals surface area contributed by atoms with Gasteiger partial charge in [0.05, 0.1) is 0 Å². The van der Waals surface area contributed by atoms with E-state index in [0.717, 1.165) is 5.92 Å². The summed E-state index contributed by atoms with van der Waals surface area (Å²) in [4.78, 5) is 0. The first-order valence-corrected chi connectivity index (χ1v) is 6.03. The fraction of sp³-hybridized carbons (Fsp3) is 0.571. The molecule has 1 nitrogen and oxygen atoms in total. The summed E-state index contributed by atoms with van der Waals surface area (Å²) in [5.74, 6) is 1.62. The standard InChI is InChI=1S/C14H21N/c1-11(13-6-4-3-5-7-13)14(15-2)10-12-8-9-12/h3-7,11-12,14-15H,8-10H2,1-2H3. The van der Waals surface area contributed by atoms with Gasteiger partial charge in [-0.3, -0.25) is 0 Å². The van der Waals surface area contributed by atoms with Crippen molar-refractivity contribution in [2.75, 3.05) is 7.05 Å². The van der Waals surface area contributed by atoms with Gasteiger partial charge in [-0.25, -0.2) is 0 Å². The monoisotopic (exact) mass is 203 g/mol. The molecular weight excluding hydrogens is 182 g/mol. The van der Waals surface area contributed by atoms with Gasteiger partial charge < -0.3 is 5.32 Å². The zero-order valence-corrected chi connectivity index (χ0v) is 9.74. The summed E-state index contributed by atoms with van der Waals surface area (Å²) in [6, 6.07) is 11.5. The van der Waals surface area contributed by atoms with Crippen LogP contribution in [0.4, 0.5) is 0 Å². The number of benzene rings is 1. The Kier molecular flexibility index (Phi) is 3.42. The molecule has 1 aliphatic rings. The van der Waals surface area contributed by atoms with Gasteiger partial charge in [0.25, 0.3) is 0 Å². The highest BCUT2D eigenvalue weighted by Crippen LogP contribution is 2.36. The molecular formula is C14H21N. The van der Waals surface area contributed by atoms with Gasteiger partial charge in [0.1, 0.15) is 0 Å². The van der Waals surface area contributed by atoms with Crippen LogP contribution >= 0.6 is 0 Å². The van der Waals surface area contributed by atoms with E-state index >= 15 is 0 Å². The van der Waals surface area contributed by atoms with Gasteiger partial charge in [0.15, 0.2) is 0 Å². The first-order chi connectivity index (χ1) is 7.31. The van der Waals surface area contributed by atoms with Crippen LogP contribution in [0.2, 0.25) is 0 Å². The molecule has 15 heavy (non-hydrogen) atoms. The van der Waals surface area contributed by atoms with Crippen molar-refractivity contribution in [3.05, 3.63) is 35.9 Å². The fourth-order valence-electron chi connectivity index (χ4n) is 2.27. The third-order valence-electron chi connectivity index (χ3n) is 3.58. The van der Waals surface area contributed by atoms with Crippen molar-refractivity contribution in [1.82, 2.24) is 5.32 Å². The molecule has 0 spiro atoms. The molecule has 2 atom stereocenters. The Morgan fingerprint density at radius 1 is 1.27 bits per heavy atom. The van der Waals surface area contributed by atoms with E-state index in [1.54, 1.807) is 0 Å². The zero-order chi connectivity index (χ0) is 10.7. The van der Waals surface area contributed by atoms with Crippen LogP contribution in [0.25, 0.3) is 0 Å². The first kappa shape index (κ1) is 10.7. The summed E-state index contributed by atoms with van der Waals surface area (Å²) in [6.45, 7) is 2.33. The quantitative estimate of drug-likeness (QED) is 0.775. The third-order valence-corrected chi connectivity index (χ3v) is 3.58. The smallest absolute Gasteiger partial charge is 0.0133 e. The normalized spacial score (nSPS) is 19.9. The number of rotatable bonds is 5. The lowest BCUT2D eigenvalue weighted by atomic mass is 9.90. The van der Waals surface area contributed by atoms with Crippen molar-refractivity contribution in [1.29, 1.82) is 0 Å². The summed E-state index contributed by atoms with van der Waals surface area (Å²) < 4.78 is 0. The molecule has 1 aliphatic carbocycles. The maximum atomic E-state index is 3.47. The molecule has 2 rings (SSSR count). The Morgan fingerprint density at radius 3 is 2.47 bits per heavy atom. The van der Waals surface area contributed by atoms with Gasteiger partial charge in [-0.05, 0) is 30.9 Å². The Labute approximate surface area is 92.9 Å². The van der Waals surface area contributed by atoms with Crippen molar-refractivity contribution in [3.63, 3.8) is 0 Å². The fourth-order valence-corrected chi connectivity index (χ4v) is 2.27. The highest BCUT2D eigenvalue weighted by molar-refractivity contribution is 5.20. The Balaban J connectivity index is 2.00. The van der Waals surface area contributed by atoms with Gasteiger partial charge in [-0.15, -0.1) is 0 Å². The maximum absolute atomic E-state index is 3.47. The van der Waals surface area contributed by atoms with Crippen molar-refractivity contribution < 1.29 is 0 Å².